The van der Waals surface area contributed by atoms with Gasteiger partial charge in [-0.05, 0) is 38.1 Å². The lowest BCUT2D eigenvalue weighted by molar-refractivity contribution is 0.0994. The monoisotopic (exact) mass is 326 g/mol. The van der Waals surface area contributed by atoms with Crippen LogP contribution in [0.5, 0.6) is 0 Å². The third-order valence-corrected chi connectivity index (χ3v) is 4.14. The van der Waals surface area contributed by atoms with E-state index < -0.39 is 0 Å². The van der Waals surface area contributed by atoms with Gasteiger partial charge < -0.3 is 0 Å². The van der Waals surface area contributed by atoms with Crippen molar-refractivity contribution in [3.8, 4) is 0 Å². The molecule has 104 valence electrons. The van der Waals surface area contributed by atoms with Crippen LogP contribution in [-0.2, 0) is 0 Å². The van der Waals surface area contributed by atoms with E-state index in [2.05, 4.69) is 9.97 Å². The van der Waals surface area contributed by atoms with Crippen molar-refractivity contribution in [1.82, 2.24) is 9.97 Å². The predicted molar refractivity (Wildman–Crippen MR) is 82.9 cm³/mol. The molecule has 1 atom stereocenters. The lowest BCUT2D eigenvalue weighted by atomic mass is 10.1. The Morgan fingerprint density at radius 3 is 2.70 bits per heavy atom. The molecule has 1 aromatic heterocycles. The molecule has 0 spiro atoms. The van der Waals surface area contributed by atoms with Crippen LogP contribution < -0.4 is 0 Å². The van der Waals surface area contributed by atoms with Gasteiger partial charge >= 0.3 is 0 Å². The molecule has 0 N–H and O–H groups in total. The molecule has 0 amide bonds. The smallest absolute Gasteiger partial charge is 0.188 e. The molecule has 6 heteroatoms. The number of nitrogens with zero attached hydrogens (tertiary/aromatic N) is 2. The Labute approximate surface area is 131 Å². The molecule has 0 aliphatic heterocycles. The molecule has 2 rings (SSSR count). The minimum atomic E-state index is -0.324. The summed E-state index contributed by atoms with van der Waals surface area (Å²) >= 11 is 13.2. The van der Waals surface area contributed by atoms with Crippen LogP contribution in [0.2, 0.25) is 10.0 Å². The lowest BCUT2D eigenvalue weighted by Crippen LogP contribution is -2.14. The molecule has 1 aromatic carbocycles. The molecule has 0 aliphatic rings. The number of carbonyl (C=O) groups is 1. The second-order valence-corrected chi connectivity index (χ2v) is 6.38. The van der Waals surface area contributed by atoms with E-state index in [4.69, 9.17) is 23.2 Å². The summed E-state index contributed by atoms with van der Waals surface area (Å²) in [4.78, 5) is 20.8. The first kappa shape index (κ1) is 15.3. The Morgan fingerprint density at radius 2 is 2.05 bits per heavy atom. The van der Waals surface area contributed by atoms with Crippen molar-refractivity contribution in [2.45, 2.75) is 24.3 Å². The van der Waals surface area contributed by atoms with Crippen LogP contribution in [0.25, 0.3) is 0 Å². The Bertz CT molecular complexity index is 649. The van der Waals surface area contributed by atoms with Crippen molar-refractivity contribution in [1.29, 1.82) is 0 Å². The van der Waals surface area contributed by atoms with E-state index >= 15 is 0 Å². The van der Waals surface area contributed by atoms with Gasteiger partial charge in [-0.3, -0.25) is 4.79 Å². The second-order valence-electron chi connectivity index (χ2n) is 4.23. The fourth-order valence-corrected chi connectivity index (χ4v) is 2.97. The summed E-state index contributed by atoms with van der Waals surface area (Å²) in [6.45, 7) is 3.69. The fraction of sp³-hybridized carbons (Fsp3) is 0.214. The number of thioether (sulfide) groups is 1. The van der Waals surface area contributed by atoms with Gasteiger partial charge in [-0.25, -0.2) is 9.97 Å². The van der Waals surface area contributed by atoms with Gasteiger partial charge in [-0.2, -0.15) is 0 Å². The number of halogens is 2. The minimum absolute atomic E-state index is 0.0678. The summed E-state index contributed by atoms with van der Waals surface area (Å²) in [5.74, 6) is -0.0678. The van der Waals surface area contributed by atoms with Gasteiger partial charge in [-0.1, -0.05) is 35.0 Å². The van der Waals surface area contributed by atoms with Crippen LogP contribution in [0.3, 0.4) is 0 Å². The lowest BCUT2D eigenvalue weighted by Gasteiger charge is -2.10. The summed E-state index contributed by atoms with van der Waals surface area (Å²) in [6, 6.07) is 6.67. The molecular weight excluding hydrogens is 315 g/mol. The SMILES string of the molecule is Cc1ccnc(SC(C)C(=O)c2ccc(Cl)cc2Cl)n1. The Morgan fingerprint density at radius 1 is 1.30 bits per heavy atom. The number of rotatable bonds is 4. The summed E-state index contributed by atoms with van der Waals surface area (Å²) in [5.41, 5.74) is 1.33. The Hall–Kier alpha value is -1.10. The molecule has 0 aliphatic carbocycles. The molecule has 0 radical (unpaired) electrons. The quantitative estimate of drug-likeness (QED) is 0.472. The number of aromatic nitrogens is 2. The molecule has 0 bridgehead atoms. The molecule has 0 saturated carbocycles. The zero-order valence-electron chi connectivity index (χ0n) is 10.9. The van der Waals surface area contributed by atoms with Gasteiger partial charge in [0.15, 0.2) is 10.9 Å². The van der Waals surface area contributed by atoms with E-state index in [1.807, 2.05) is 19.9 Å². The number of hydrogen-bond acceptors (Lipinski definition) is 4. The predicted octanol–water partition coefficient (Wildman–Crippen LogP) is 4.46. The second kappa shape index (κ2) is 6.57. The standard InChI is InChI=1S/C14H12Cl2N2OS/c1-8-5-6-17-14(18-8)20-9(2)13(19)11-4-3-10(15)7-12(11)16/h3-7,9H,1-2H3. The molecule has 0 saturated heterocycles. The molecule has 2 aromatic rings. The maximum absolute atomic E-state index is 12.4. The zero-order chi connectivity index (χ0) is 14.7. The number of ketones is 1. The van der Waals surface area contributed by atoms with E-state index in [-0.39, 0.29) is 11.0 Å². The Balaban J connectivity index is 2.16. The maximum Gasteiger partial charge on any atom is 0.188 e. The van der Waals surface area contributed by atoms with Gasteiger partial charge in [0, 0.05) is 22.5 Å². The summed E-state index contributed by atoms with van der Waals surface area (Å²) < 4.78 is 0. The van der Waals surface area contributed by atoms with E-state index in [9.17, 15) is 4.79 Å². The van der Waals surface area contributed by atoms with Crippen LogP contribution in [-0.4, -0.2) is 21.0 Å². The van der Waals surface area contributed by atoms with Crippen LogP contribution in [0, 0.1) is 6.92 Å². The van der Waals surface area contributed by atoms with Gasteiger partial charge in [0.25, 0.3) is 0 Å². The van der Waals surface area contributed by atoms with Crippen molar-refractivity contribution in [2.24, 2.45) is 0 Å². The van der Waals surface area contributed by atoms with Crippen molar-refractivity contribution in [3.63, 3.8) is 0 Å². The van der Waals surface area contributed by atoms with E-state index in [1.54, 1.807) is 24.4 Å². The molecule has 20 heavy (non-hydrogen) atoms. The van der Waals surface area contributed by atoms with E-state index in [0.29, 0.717) is 20.8 Å². The van der Waals surface area contributed by atoms with Crippen LogP contribution >= 0.6 is 35.0 Å². The number of carbonyl (C=O) groups excluding carboxylic acids is 1. The highest BCUT2D eigenvalue weighted by Crippen LogP contribution is 2.27. The van der Waals surface area contributed by atoms with E-state index in [0.717, 1.165) is 5.69 Å². The number of hydrogen-bond donors (Lipinski definition) is 0. The average Bonchev–Trinajstić information content (AvgIpc) is 2.38. The summed E-state index contributed by atoms with van der Waals surface area (Å²) in [5, 5.41) is 1.13. The first-order valence-corrected chi connectivity index (χ1v) is 7.56. The third-order valence-electron chi connectivity index (χ3n) is 2.62. The molecule has 3 nitrogen and oxygen atoms in total. The largest absolute Gasteiger partial charge is 0.293 e. The topological polar surface area (TPSA) is 42.9 Å². The first-order valence-electron chi connectivity index (χ1n) is 5.93. The fourth-order valence-electron chi connectivity index (χ4n) is 1.60. The molecule has 1 heterocycles. The van der Waals surface area contributed by atoms with Crippen molar-refractivity contribution < 1.29 is 4.79 Å². The molecule has 0 fully saturated rings. The molecular formula is C14H12Cl2N2OS. The van der Waals surface area contributed by atoms with Gasteiger partial charge in [0.05, 0.1) is 10.3 Å². The van der Waals surface area contributed by atoms with Crippen molar-refractivity contribution >= 4 is 40.7 Å². The van der Waals surface area contributed by atoms with Gasteiger partial charge in [0.2, 0.25) is 0 Å². The number of aryl methyl sites for hydroxylation is 1. The summed E-state index contributed by atoms with van der Waals surface area (Å²) in [6.07, 6.45) is 1.68. The van der Waals surface area contributed by atoms with Crippen LogP contribution in [0.1, 0.15) is 23.0 Å². The zero-order valence-corrected chi connectivity index (χ0v) is 13.3. The Kier molecular flexibility index (Phi) is 5.02. The van der Waals surface area contributed by atoms with E-state index in [1.165, 1.54) is 11.8 Å². The van der Waals surface area contributed by atoms with Gasteiger partial charge in [0.1, 0.15) is 0 Å². The third kappa shape index (κ3) is 3.72. The average molecular weight is 327 g/mol. The molecule has 1 unspecified atom stereocenters. The van der Waals surface area contributed by atoms with Crippen molar-refractivity contribution in [3.05, 3.63) is 51.8 Å². The highest BCUT2D eigenvalue weighted by Gasteiger charge is 2.20. The number of benzene rings is 1. The number of Topliss-reactive ketones (excluding diaryl/α,β-unsaturated/α-hetero) is 1. The first-order chi connectivity index (χ1) is 9.47. The van der Waals surface area contributed by atoms with Crippen molar-refractivity contribution in [2.75, 3.05) is 0 Å². The van der Waals surface area contributed by atoms with Gasteiger partial charge in [-0.15, -0.1) is 0 Å². The van der Waals surface area contributed by atoms with Crippen LogP contribution in [0.15, 0.2) is 35.6 Å². The maximum atomic E-state index is 12.4. The normalized spacial score (nSPS) is 12.2. The highest BCUT2D eigenvalue weighted by molar-refractivity contribution is 8.00. The minimum Gasteiger partial charge on any atom is -0.293 e. The van der Waals surface area contributed by atoms with Crippen LogP contribution in [0.4, 0.5) is 0 Å². The summed E-state index contributed by atoms with van der Waals surface area (Å²) in [7, 11) is 0. The highest BCUT2D eigenvalue weighted by atomic mass is 35.5.